The fourth-order valence-corrected chi connectivity index (χ4v) is 1.52. The van der Waals surface area contributed by atoms with E-state index < -0.39 is 6.10 Å². The lowest BCUT2D eigenvalue weighted by Gasteiger charge is -2.10. The minimum absolute atomic E-state index is 0.247. The fraction of sp³-hybridized carbons (Fsp3) is 0.417. The highest BCUT2D eigenvalue weighted by atomic mass is 35.5. The van der Waals surface area contributed by atoms with Crippen molar-refractivity contribution < 1.29 is 14.6 Å². The first-order chi connectivity index (χ1) is 7.63. The lowest BCUT2D eigenvalue weighted by Crippen LogP contribution is -2.02. The van der Waals surface area contributed by atoms with Crippen LogP contribution in [0.1, 0.15) is 30.9 Å². The molecule has 3 nitrogen and oxygen atoms in total. The number of aliphatic hydroxyl groups excluding tert-OH is 1. The van der Waals surface area contributed by atoms with Crippen LogP contribution in [-0.4, -0.2) is 18.2 Å². The molecule has 0 aliphatic carbocycles. The smallest absolute Gasteiger partial charge is 0.305 e. The number of methoxy groups -OCH3 is 1. The molecule has 0 saturated carbocycles. The molecule has 1 aromatic carbocycles. The van der Waals surface area contributed by atoms with Gasteiger partial charge >= 0.3 is 5.97 Å². The molecule has 1 atom stereocenters. The van der Waals surface area contributed by atoms with Gasteiger partial charge in [-0.05, 0) is 30.5 Å². The van der Waals surface area contributed by atoms with Crippen LogP contribution in [0, 0.1) is 0 Å². The van der Waals surface area contributed by atoms with Crippen LogP contribution < -0.4 is 0 Å². The maximum atomic E-state index is 10.9. The summed E-state index contributed by atoms with van der Waals surface area (Å²) < 4.78 is 4.52. The van der Waals surface area contributed by atoms with E-state index >= 15 is 0 Å². The number of ether oxygens (including phenoxy) is 1. The van der Waals surface area contributed by atoms with Gasteiger partial charge in [-0.1, -0.05) is 23.7 Å². The first-order valence-corrected chi connectivity index (χ1v) is 5.51. The van der Waals surface area contributed by atoms with Gasteiger partial charge in [0.15, 0.2) is 0 Å². The zero-order valence-corrected chi connectivity index (χ0v) is 9.91. The lowest BCUT2D eigenvalue weighted by atomic mass is 10.0. The summed E-state index contributed by atoms with van der Waals surface area (Å²) in [6, 6.07) is 7.04. The number of rotatable bonds is 5. The summed E-state index contributed by atoms with van der Waals surface area (Å²) in [6.07, 6.45) is 0.927. The molecule has 0 fully saturated rings. The molecule has 0 heterocycles. The van der Waals surface area contributed by atoms with Crippen LogP contribution in [0.2, 0.25) is 5.02 Å². The molecule has 88 valence electrons. The number of carbonyl (C=O) groups excluding carboxylic acids is 1. The summed E-state index contributed by atoms with van der Waals surface area (Å²) in [4.78, 5) is 10.9. The standard InChI is InChI=1S/C12H15ClO3/c1-16-12(15)4-2-3-11(14)9-5-7-10(13)8-6-9/h5-8,11,14H,2-4H2,1H3. The van der Waals surface area contributed by atoms with Crippen LogP contribution in [-0.2, 0) is 9.53 Å². The summed E-state index contributed by atoms with van der Waals surface area (Å²) in [5.41, 5.74) is 0.814. The molecule has 16 heavy (non-hydrogen) atoms. The van der Waals surface area contributed by atoms with Gasteiger partial charge in [-0.2, -0.15) is 0 Å². The van der Waals surface area contributed by atoms with Crippen molar-refractivity contribution in [2.24, 2.45) is 0 Å². The van der Waals surface area contributed by atoms with Gasteiger partial charge in [-0.25, -0.2) is 0 Å². The monoisotopic (exact) mass is 242 g/mol. The van der Waals surface area contributed by atoms with Gasteiger partial charge < -0.3 is 9.84 Å². The van der Waals surface area contributed by atoms with E-state index in [1.807, 2.05) is 0 Å². The Labute approximate surface area is 100.0 Å². The number of hydrogen-bond donors (Lipinski definition) is 1. The van der Waals surface area contributed by atoms with Crippen molar-refractivity contribution >= 4 is 17.6 Å². The van der Waals surface area contributed by atoms with Gasteiger partial charge in [-0.15, -0.1) is 0 Å². The van der Waals surface area contributed by atoms with Crippen molar-refractivity contribution in [3.8, 4) is 0 Å². The molecule has 0 saturated heterocycles. The van der Waals surface area contributed by atoms with Crippen molar-refractivity contribution in [3.63, 3.8) is 0 Å². The van der Waals surface area contributed by atoms with Crippen LogP contribution in [0.15, 0.2) is 24.3 Å². The van der Waals surface area contributed by atoms with E-state index in [0.29, 0.717) is 24.3 Å². The SMILES string of the molecule is COC(=O)CCCC(O)c1ccc(Cl)cc1. The maximum absolute atomic E-state index is 10.9. The summed E-state index contributed by atoms with van der Waals surface area (Å²) in [5.74, 6) is -0.247. The number of esters is 1. The molecule has 0 aliphatic rings. The highest BCUT2D eigenvalue weighted by Gasteiger charge is 2.08. The Balaban J connectivity index is 2.37. The third-order valence-corrected chi connectivity index (χ3v) is 2.59. The van der Waals surface area contributed by atoms with E-state index in [9.17, 15) is 9.90 Å². The molecule has 1 unspecified atom stereocenters. The van der Waals surface area contributed by atoms with Gasteiger partial charge in [0.25, 0.3) is 0 Å². The zero-order valence-electron chi connectivity index (χ0n) is 9.15. The minimum Gasteiger partial charge on any atom is -0.469 e. The van der Waals surface area contributed by atoms with Gasteiger partial charge in [0, 0.05) is 11.4 Å². The highest BCUT2D eigenvalue weighted by Crippen LogP contribution is 2.20. The van der Waals surface area contributed by atoms with Crippen molar-refractivity contribution in [3.05, 3.63) is 34.9 Å². The Morgan fingerprint density at radius 2 is 2.06 bits per heavy atom. The lowest BCUT2D eigenvalue weighted by molar-refractivity contribution is -0.140. The van der Waals surface area contributed by atoms with Crippen LogP contribution in [0.5, 0.6) is 0 Å². The molecule has 0 amide bonds. The van der Waals surface area contributed by atoms with Crippen LogP contribution >= 0.6 is 11.6 Å². The number of aliphatic hydroxyl groups is 1. The second-order valence-electron chi connectivity index (χ2n) is 3.54. The normalized spacial score (nSPS) is 12.2. The Hall–Kier alpha value is -1.06. The van der Waals surface area contributed by atoms with E-state index in [0.717, 1.165) is 5.56 Å². The second-order valence-corrected chi connectivity index (χ2v) is 3.97. The zero-order chi connectivity index (χ0) is 12.0. The van der Waals surface area contributed by atoms with E-state index in [4.69, 9.17) is 11.6 Å². The maximum Gasteiger partial charge on any atom is 0.305 e. The quantitative estimate of drug-likeness (QED) is 0.808. The largest absolute Gasteiger partial charge is 0.469 e. The third-order valence-electron chi connectivity index (χ3n) is 2.34. The van der Waals surface area contributed by atoms with Gasteiger partial charge in [0.1, 0.15) is 0 Å². The molecule has 1 N–H and O–H groups in total. The van der Waals surface area contributed by atoms with E-state index in [1.165, 1.54) is 7.11 Å². The van der Waals surface area contributed by atoms with E-state index in [1.54, 1.807) is 24.3 Å². The minimum atomic E-state index is -0.554. The van der Waals surface area contributed by atoms with E-state index in [-0.39, 0.29) is 5.97 Å². The number of halogens is 1. The molecule has 1 aromatic rings. The Morgan fingerprint density at radius 3 is 2.62 bits per heavy atom. The summed E-state index contributed by atoms with van der Waals surface area (Å²) in [7, 11) is 1.36. The second kappa shape index (κ2) is 6.51. The molecule has 0 spiro atoms. The fourth-order valence-electron chi connectivity index (χ4n) is 1.39. The van der Waals surface area contributed by atoms with E-state index in [2.05, 4.69) is 4.74 Å². The number of benzene rings is 1. The Kier molecular flexibility index (Phi) is 5.29. The van der Waals surface area contributed by atoms with Gasteiger partial charge in [0.2, 0.25) is 0 Å². The number of carbonyl (C=O) groups is 1. The predicted molar refractivity (Wildman–Crippen MR) is 62.3 cm³/mol. The summed E-state index contributed by atoms with van der Waals surface area (Å²) >= 11 is 5.74. The molecular weight excluding hydrogens is 228 g/mol. The Bertz CT molecular complexity index is 335. The number of hydrogen-bond acceptors (Lipinski definition) is 3. The predicted octanol–water partition coefficient (Wildman–Crippen LogP) is 2.72. The molecule has 0 radical (unpaired) electrons. The highest BCUT2D eigenvalue weighted by molar-refractivity contribution is 6.30. The molecule has 0 bridgehead atoms. The molecular formula is C12H15ClO3. The summed E-state index contributed by atoms with van der Waals surface area (Å²) in [5, 5.41) is 10.4. The van der Waals surface area contributed by atoms with Crippen molar-refractivity contribution in [1.82, 2.24) is 0 Å². The van der Waals surface area contributed by atoms with Gasteiger partial charge in [0.05, 0.1) is 13.2 Å². The van der Waals surface area contributed by atoms with Crippen LogP contribution in [0.4, 0.5) is 0 Å². The van der Waals surface area contributed by atoms with Crippen molar-refractivity contribution in [2.75, 3.05) is 7.11 Å². The molecule has 0 aliphatic heterocycles. The first-order valence-electron chi connectivity index (χ1n) is 5.14. The molecule has 0 aromatic heterocycles. The average Bonchev–Trinajstić information content (AvgIpc) is 2.29. The van der Waals surface area contributed by atoms with Crippen molar-refractivity contribution in [2.45, 2.75) is 25.4 Å². The topological polar surface area (TPSA) is 46.5 Å². The Morgan fingerprint density at radius 1 is 1.44 bits per heavy atom. The molecule has 1 rings (SSSR count). The van der Waals surface area contributed by atoms with Crippen molar-refractivity contribution in [1.29, 1.82) is 0 Å². The van der Waals surface area contributed by atoms with Crippen LogP contribution in [0.25, 0.3) is 0 Å². The summed E-state index contributed by atoms with van der Waals surface area (Å²) in [6.45, 7) is 0. The van der Waals surface area contributed by atoms with Gasteiger partial charge in [-0.3, -0.25) is 4.79 Å². The first kappa shape index (κ1) is 13.0. The molecule has 4 heteroatoms. The third kappa shape index (κ3) is 4.21. The van der Waals surface area contributed by atoms with Crippen LogP contribution in [0.3, 0.4) is 0 Å². The average molecular weight is 243 g/mol.